The Kier molecular flexibility index (Phi) is 5.81. The molecule has 1 unspecified atom stereocenters. The highest BCUT2D eigenvalue weighted by Gasteiger charge is 2.29. The molecule has 3 N–H and O–H groups in total. The fraction of sp³-hybridized carbons (Fsp3) is 0.267. The van der Waals surface area contributed by atoms with Crippen LogP contribution in [-0.4, -0.2) is 15.9 Å². The van der Waals surface area contributed by atoms with Gasteiger partial charge in [-0.25, -0.2) is 9.97 Å². The number of nitrogens with two attached hydrogens (primary N) is 1. The summed E-state index contributed by atoms with van der Waals surface area (Å²) in [6.45, 7) is 3.84. The van der Waals surface area contributed by atoms with E-state index in [2.05, 4.69) is 15.3 Å². The molecule has 21 heavy (non-hydrogen) atoms. The zero-order chi connectivity index (χ0) is 14.6. The minimum absolute atomic E-state index is 0. The van der Waals surface area contributed by atoms with Gasteiger partial charge in [0.25, 0.3) is 0 Å². The fourth-order valence-corrected chi connectivity index (χ4v) is 1.87. The van der Waals surface area contributed by atoms with Gasteiger partial charge in [-0.05, 0) is 25.5 Å². The molecule has 0 saturated heterocycles. The molecule has 0 aliphatic rings. The number of carbonyl (C=O) groups excluding carboxylic acids is 1. The third-order valence-corrected chi connectivity index (χ3v) is 3.11. The van der Waals surface area contributed by atoms with Crippen LogP contribution in [0.25, 0.3) is 0 Å². The normalized spacial score (nSPS) is 12.9. The Labute approximate surface area is 130 Å². The van der Waals surface area contributed by atoms with Gasteiger partial charge in [0.1, 0.15) is 11.4 Å². The number of halogens is 1. The minimum Gasteiger partial charge on any atom is -0.349 e. The van der Waals surface area contributed by atoms with E-state index < -0.39 is 5.54 Å². The highest BCUT2D eigenvalue weighted by atomic mass is 35.5. The summed E-state index contributed by atoms with van der Waals surface area (Å²) in [6, 6.07) is 11.1. The number of carbonyl (C=O) groups is 1. The fourth-order valence-electron chi connectivity index (χ4n) is 1.87. The summed E-state index contributed by atoms with van der Waals surface area (Å²) in [5.74, 6) is 0.440. The summed E-state index contributed by atoms with van der Waals surface area (Å²) in [5, 5.41) is 2.81. The van der Waals surface area contributed by atoms with E-state index in [0.29, 0.717) is 12.4 Å². The van der Waals surface area contributed by atoms with Crippen molar-refractivity contribution >= 4 is 18.3 Å². The smallest absolute Gasteiger partial charge is 0.244 e. The SMILES string of the molecule is Cc1nccc(CNC(=O)C(C)(N)c2ccccc2)n1.Cl. The van der Waals surface area contributed by atoms with Crippen LogP contribution in [0.1, 0.15) is 24.0 Å². The first kappa shape index (κ1) is 17.1. The second kappa shape index (κ2) is 7.15. The lowest BCUT2D eigenvalue weighted by atomic mass is 9.92. The van der Waals surface area contributed by atoms with E-state index in [1.807, 2.05) is 37.3 Å². The molecule has 1 amide bonds. The molecule has 1 aromatic carbocycles. The lowest BCUT2D eigenvalue weighted by Crippen LogP contribution is -2.48. The second-order valence-corrected chi connectivity index (χ2v) is 4.85. The maximum absolute atomic E-state index is 12.2. The molecule has 0 aliphatic carbocycles. The lowest BCUT2D eigenvalue weighted by Gasteiger charge is -2.24. The van der Waals surface area contributed by atoms with Gasteiger partial charge in [0.05, 0.1) is 12.2 Å². The van der Waals surface area contributed by atoms with Crippen LogP contribution < -0.4 is 11.1 Å². The van der Waals surface area contributed by atoms with Gasteiger partial charge in [-0.2, -0.15) is 0 Å². The average Bonchev–Trinajstić information content (AvgIpc) is 2.45. The molecule has 5 nitrogen and oxygen atoms in total. The van der Waals surface area contributed by atoms with Crippen molar-refractivity contribution in [3.8, 4) is 0 Å². The minimum atomic E-state index is -1.07. The monoisotopic (exact) mass is 306 g/mol. The van der Waals surface area contributed by atoms with Crippen LogP contribution in [0.5, 0.6) is 0 Å². The van der Waals surface area contributed by atoms with Crippen LogP contribution in [-0.2, 0) is 16.9 Å². The molecule has 0 saturated carbocycles. The third kappa shape index (κ3) is 4.24. The summed E-state index contributed by atoms with van der Waals surface area (Å²) in [6.07, 6.45) is 1.67. The number of hydrogen-bond donors (Lipinski definition) is 2. The molecule has 2 aromatic rings. The second-order valence-electron chi connectivity index (χ2n) is 4.85. The summed E-state index contributed by atoms with van der Waals surface area (Å²) < 4.78 is 0. The number of benzene rings is 1. The topological polar surface area (TPSA) is 80.9 Å². The quantitative estimate of drug-likeness (QED) is 0.901. The first-order valence-corrected chi connectivity index (χ1v) is 6.41. The third-order valence-electron chi connectivity index (χ3n) is 3.11. The molecule has 1 heterocycles. The molecular weight excluding hydrogens is 288 g/mol. The van der Waals surface area contributed by atoms with Crippen LogP contribution in [0, 0.1) is 6.92 Å². The molecule has 0 spiro atoms. The van der Waals surface area contributed by atoms with E-state index in [4.69, 9.17) is 5.73 Å². The Morgan fingerprint density at radius 3 is 2.57 bits per heavy atom. The lowest BCUT2D eigenvalue weighted by molar-refractivity contribution is -0.126. The summed E-state index contributed by atoms with van der Waals surface area (Å²) in [5.41, 5.74) is 6.60. The number of hydrogen-bond acceptors (Lipinski definition) is 4. The molecule has 2 rings (SSSR count). The van der Waals surface area contributed by atoms with Gasteiger partial charge < -0.3 is 11.1 Å². The molecule has 1 aromatic heterocycles. The van der Waals surface area contributed by atoms with Crippen LogP contribution in [0.4, 0.5) is 0 Å². The van der Waals surface area contributed by atoms with E-state index in [-0.39, 0.29) is 18.3 Å². The number of amides is 1. The van der Waals surface area contributed by atoms with Crippen molar-refractivity contribution in [3.05, 3.63) is 59.7 Å². The highest BCUT2D eigenvalue weighted by molar-refractivity contribution is 5.86. The Hall–Kier alpha value is -1.98. The van der Waals surface area contributed by atoms with Crippen LogP contribution in [0.3, 0.4) is 0 Å². The van der Waals surface area contributed by atoms with Crippen molar-refractivity contribution < 1.29 is 4.79 Å². The summed E-state index contributed by atoms with van der Waals surface area (Å²) >= 11 is 0. The summed E-state index contributed by atoms with van der Waals surface area (Å²) in [4.78, 5) is 20.5. The number of rotatable bonds is 4. The number of aryl methyl sites for hydroxylation is 1. The van der Waals surface area contributed by atoms with Gasteiger partial charge in [-0.1, -0.05) is 30.3 Å². The van der Waals surface area contributed by atoms with E-state index in [1.54, 1.807) is 19.2 Å². The average molecular weight is 307 g/mol. The van der Waals surface area contributed by atoms with Crippen molar-refractivity contribution in [2.75, 3.05) is 0 Å². The van der Waals surface area contributed by atoms with Crippen LogP contribution in [0.15, 0.2) is 42.6 Å². The van der Waals surface area contributed by atoms with Gasteiger partial charge in [0.15, 0.2) is 0 Å². The van der Waals surface area contributed by atoms with Gasteiger partial charge >= 0.3 is 0 Å². The molecular formula is C15H19ClN4O. The predicted octanol–water partition coefficient (Wildman–Crippen LogP) is 1.70. The largest absolute Gasteiger partial charge is 0.349 e. The van der Waals surface area contributed by atoms with E-state index in [9.17, 15) is 4.79 Å². The van der Waals surface area contributed by atoms with Gasteiger partial charge in [0, 0.05) is 6.20 Å². The van der Waals surface area contributed by atoms with Crippen molar-refractivity contribution in [2.24, 2.45) is 5.73 Å². The van der Waals surface area contributed by atoms with Crippen molar-refractivity contribution in [2.45, 2.75) is 25.9 Å². The predicted molar refractivity (Wildman–Crippen MR) is 83.8 cm³/mol. The standard InChI is InChI=1S/C15H18N4O.ClH/c1-11-17-9-8-13(19-11)10-18-14(20)15(2,16)12-6-4-3-5-7-12;/h3-9H,10,16H2,1-2H3,(H,18,20);1H. The zero-order valence-corrected chi connectivity index (χ0v) is 12.9. The van der Waals surface area contributed by atoms with Gasteiger partial charge in [-0.15, -0.1) is 12.4 Å². The van der Waals surface area contributed by atoms with Crippen molar-refractivity contribution in [1.82, 2.24) is 15.3 Å². The van der Waals surface area contributed by atoms with Gasteiger partial charge in [-0.3, -0.25) is 4.79 Å². The maximum Gasteiger partial charge on any atom is 0.244 e. The van der Waals surface area contributed by atoms with Crippen molar-refractivity contribution in [1.29, 1.82) is 0 Å². The molecule has 6 heteroatoms. The van der Waals surface area contributed by atoms with Crippen molar-refractivity contribution in [3.63, 3.8) is 0 Å². The molecule has 0 fully saturated rings. The van der Waals surface area contributed by atoms with Crippen LogP contribution in [0.2, 0.25) is 0 Å². The van der Waals surface area contributed by atoms with Crippen LogP contribution >= 0.6 is 12.4 Å². The molecule has 1 atom stereocenters. The zero-order valence-electron chi connectivity index (χ0n) is 12.0. The Bertz CT molecular complexity index is 602. The molecule has 0 aliphatic heterocycles. The Morgan fingerprint density at radius 1 is 1.29 bits per heavy atom. The summed E-state index contributed by atoms with van der Waals surface area (Å²) in [7, 11) is 0. The van der Waals surface area contributed by atoms with Gasteiger partial charge in [0.2, 0.25) is 5.91 Å². The first-order valence-electron chi connectivity index (χ1n) is 6.41. The molecule has 0 bridgehead atoms. The maximum atomic E-state index is 12.2. The van der Waals surface area contributed by atoms with E-state index >= 15 is 0 Å². The Morgan fingerprint density at radius 2 is 1.95 bits per heavy atom. The highest BCUT2D eigenvalue weighted by Crippen LogP contribution is 2.17. The first-order chi connectivity index (χ1) is 9.50. The van der Waals surface area contributed by atoms with E-state index in [0.717, 1.165) is 11.3 Å². The number of nitrogens with zero attached hydrogens (tertiary/aromatic N) is 2. The number of aromatic nitrogens is 2. The number of nitrogens with one attached hydrogen (secondary N) is 1. The van der Waals surface area contributed by atoms with E-state index in [1.165, 1.54) is 0 Å². The molecule has 112 valence electrons. The Balaban J connectivity index is 0.00000220. The molecule has 0 radical (unpaired) electrons.